The van der Waals surface area contributed by atoms with Crippen LogP contribution in [0, 0.1) is 0 Å². The first-order valence-electron chi connectivity index (χ1n) is 7.95. The molecule has 2 N–H and O–H groups in total. The van der Waals surface area contributed by atoms with E-state index < -0.39 is 0 Å². The van der Waals surface area contributed by atoms with E-state index in [1.54, 1.807) is 0 Å². The molecule has 3 heteroatoms. The molecule has 2 aromatic carbocycles. The van der Waals surface area contributed by atoms with E-state index >= 15 is 0 Å². The fraction of sp³-hybridized carbons (Fsp3) is 0.200. The Bertz CT molecular complexity index is 671. The van der Waals surface area contributed by atoms with Crippen molar-refractivity contribution < 1.29 is 0 Å². The van der Waals surface area contributed by atoms with Crippen LogP contribution in [0.2, 0.25) is 0 Å². The number of nitrogens with zero attached hydrogens (tertiary/aromatic N) is 2. The molecule has 2 aromatic rings. The van der Waals surface area contributed by atoms with Gasteiger partial charge in [0.05, 0.1) is 5.70 Å². The molecule has 0 aliphatic carbocycles. The molecule has 0 saturated heterocycles. The summed E-state index contributed by atoms with van der Waals surface area (Å²) in [4.78, 5) is 8.99. The summed E-state index contributed by atoms with van der Waals surface area (Å²) in [5, 5.41) is 0. The van der Waals surface area contributed by atoms with Gasteiger partial charge in [-0.15, -0.1) is 0 Å². The summed E-state index contributed by atoms with van der Waals surface area (Å²) >= 11 is 0. The summed E-state index contributed by atoms with van der Waals surface area (Å²) in [6.45, 7) is 2.89. The largest absolute Gasteiger partial charge is 0.384 e. The Morgan fingerprint density at radius 1 is 1.00 bits per heavy atom. The van der Waals surface area contributed by atoms with Crippen LogP contribution in [-0.2, 0) is 0 Å². The lowest BCUT2D eigenvalue weighted by Gasteiger charge is -2.03. The van der Waals surface area contributed by atoms with Gasteiger partial charge in [-0.3, -0.25) is 9.98 Å². The molecule has 0 atom stereocenters. The van der Waals surface area contributed by atoms with Gasteiger partial charge in [0, 0.05) is 24.4 Å². The third-order valence-electron chi connectivity index (χ3n) is 3.31. The van der Waals surface area contributed by atoms with E-state index in [0.717, 1.165) is 36.2 Å². The number of rotatable bonds is 7. The van der Waals surface area contributed by atoms with Gasteiger partial charge in [-0.25, -0.2) is 0 Å². The van der Waals surface area contributed by atoms with E-state index in [1.807, 2.05) is 73.0 Å². The molecule has 0 spiro atoms. The summed E-state index contributed by atoms with van der Waals surface area (Å²) in [6.07, 6.45) is 5.84. The van der Waals surface area contributed by atoms with Gasteiger partial charge in [-0.2, -0.15) is 0 Å². The number of unbranched alkanes of at least 4 members (excludes halogenated alkanes) is 1. The minimum absolute atomic E-state index is 0.516. The minimum Gasteiger partial charge on any atom is -0.384 e. The molecule has 0 aliphatic rings. The zero-order valence-electron chi connectivity index (χ0n) is 13.5. The van der Waals surface area contributed by atoms with Crippen LogP contribution >= 0.6 is 0 Å². The number of nitrogens with two attached hydrogens (primary N) is 1. The standard InChI is InChI=1S/C20H23N3/c1-2-3-14-22-20(21)15-19(18-12-8-5-9-13-18)23-16-17-10-6-4-7-11-17/h4-13,15-16H,2-3,14H2,1H3,(H2,21,22)/b19-15-,23-16?. The van der Waals surface area contributed by atoms with Crippen LogP contribution in [0.4, 0.5) is 0 Å². The van der Waals surface area contributed by atoms with Crippen LogP contribution < -0.4 is 5.73 Å². The third-order valence-corrected chi connectivity index (χ3v) is 3.31. The highest BCUT2D eigenvalue weighted by molar-refractivity contribution is 5.99. The van der Waals surface area contributed by atoms with Gasteiger partial charge in [0.25, 0.3) is 0 Å². The Hall–Kier alpha value is -2.68. The normalized spacial score (nSPS) is 12.7. The van der Waals surface area contributed by atoms with Gasteiger partial charge in [-0.1, -0.05) is 74.0 Å². The number of hydrogen-bond donors (Lipinski definition) is 1. The molecule has 0 bridgehead atoms. The Balaban J connectivity index is 2.25. The fourth-order valence-corrected chi connectivity index (χ4v) is 2.04. The average molecular weight is 305 g/mol. The first kappa shape index (κ1) is 16.7. The van der Waals surface area contributed by atoms with E-state index in [1.165, 1.54) is 0 Å². The smallest absolute Gasteiger partial charge is 0.120 e. The lowest BCUT2D eigenvalue weighted by molar-refractivity contribution is 0.808. The van der Waals surface area contributed by atoms with Crippen molar-refractivity contribution in [2.75, 3.05) is 6.54 Å². The third kappa shape index (κ3) is 5.91. The van der Waals surface area contributed by atoms with E-state index in [9.17, 15) is 0 Å². The summed E-state index contributed by atoms with van der Waals surface area (Å²) in [7, 11) is 0. The second-order valence-electron chi connectivity index (χ2n) is 5.22. The first-order valence-corrected chi connectivity index (χ1v) is 7.95. The van der Waals surface area contributed by atoms with Gasteiger partial charge in [0.1, 0.15) is 5.84 Å². The van der Waals surface area contributed by atoms with Crippen LogP contribution in [0.5, 0.6) is 0 Å². The van der Waals surface area contributed by atoms with Crippen molar-refractivity contribution in [3.63, 3.8) is 0 Å². The molecule has 0 aliphatic heterocycles. The Labute approximate surface area is 138 Å². The minimum atomic E-state index is 0.516. The predicted molar refractivity (Wildman–Crippen MR) is 99.9 cm³/mol. The predicted octanol–water partition coefficient (Wildman–Crippen LogP) is 4.30. The highest BCUT2D eigenvalue weighted by Crippen LogP contribution is 2.15. The van der Waals surface area contributed by atoms with E-state index in [-0.39, 0.29) is 0 Å². The summed E-state index contributed by atoms with van der Waals surface area (Å²) in [6, 6.07) is 20.0. The van der Waals surface area contributed by atoms with Crippen molar-refractivity contribution in [3.05, 3.63) is 77.9 Å². The van der Waals surface area contributed by atoms with E-state index in [0.29, 0.717) is 5.84 Å². The zero-order valence-corrected chi connectivity index (χ0v) is 13.5. The van der Waals surface area contributed by atoms with Crippen LogP contribution in [0.3, 0.4) is 0 Å². The molecule has 3 nitrogen and oxygen atoms in total. The van der Waals surface area contributed by atoms with Crippen molar-refractivity contribution in [1.29, 1.82) is 0 Å². The van der Waals surface area contributed by atoms with Crippen molar-refractivity contribution in [3.8, 4) is 0 Å². The van der Waals surface area contributed by atoms with Gasteiger partial charge < -0.3 is 5.73 Å². The van der Waals surface area contributed by atoms with Gasteiger partial charge in [0.15, 0.2) is 0 Å². The van der Waals surface area contributed by atoms with Crippen LogP contribution in [-0.4, -0.2) is 18.6 Å². The molecule has 2 rings (SSSR count). The van der Waals surface area contributed by atoms with Crippen molar-refractivity contribution >= 4 is 17.7 Å². The highest BCUT2D eigenvalue weighted by atomic mass is 14.8. The summed E-state index contributed by atoms with van der Waals surface area (Å²) in [5.41, 5.74) is 8.91. The van der Waals surface area contributed by atoms with Gasteiger partial charge >= 0.3 is 0 Å². The summed E-state index contributed by atoms with van der Waals surface area (Å²) < 4.78 is 0. The molecule has 0 radical (unpaired) electrons. The maximum atomic E-state index is 6.02. The Kier molecular flexibility index (Phi) is 6.79. The van der Waals surface area contributed by atoms with Crippen molar-refractivity contribution in [2.45, 2.75) is 19.8 Å². The van der Waals surface area contributed by atoms with Gasteiger partial charge in [0.2, 0.25) is 0 Å². The lowest BCUT2D eigenvalue weighted by atomic mass is 10.1. The van der Waals surface area contributed by atoms with Gasteiger partial charge in [-0.05, 0) is 12.0 Å². The SMILES string of the molecule is CCCCN=C(N)/C=C(\N=Cc1ccccc1)c1ccccc1. The highest BCUT2D eigenvalue weighted by Gasteiger charge is 2.00. The Morgan fingerprint density at radius 2 is 1.65 bits per heavy atom. The molecule has 23 heavy (non-hydrogen) atoms. The number of hydrogen-bond acceptors (Lipinski definition) is 2. The molecule has 0 aromatic heterocycles. The molecular weight excluding hydrogens is 282 g/mol. The van der Waals surface area contributed by atoms with Crippen LogP contribution in [0.15, 0.2) is 76.7 Å². The number of amidine groups is 1. The van der Waals surface area contributed by atoms with Crippen molar-refractivity contribution in [2.24, 2.45) is 15.7 Å². The molecule has 0 unspecified atom stereocenters. The second kappa shape index (κ2) is 9.36. The molecule has 0 amide bonds. The topological polar surface area (TPSA) is 50.7 Å². The van der Waals surface area contributed by atoms with E-state index in [4.69, 9.17) is 5.73 Å². The van der Waals surface area contributed by atoms with E-state index in [2.05, 4.69) is 16.9 Å². The van der Waals surface area contributed by atoms with Crippen LogP contribution in [0.1, 0.15) is 30.9 Å². The number of benzene rings is 2. The first-order chi connectivity index (χ1) is 11.3. The monoisotopic (exact) mass is 305 g/mol. The Morgan fingerprint density at radius 3 is 2.30 bits per heavy atom. The van der Waals surface area contributed by atoms with Crippen LogP contribution in [0.25, 0.3) is 5.70 Å². The van der Waals surface area contributed by atoms with Crippen molar-refractivity contribution in [1.82, 2.24) is 0 Å². The second-order valence-corrected chi connectivity index (χ2v) is 5.22. The molecule has 118 valence electrons. The molecular formula is C20H23N3. The number of aliphatic imine (C=N–C) groups is 2. The summed E-state index contributed by atoms with van der Waals surface area (Å²) in [5.74, 6) is 0.516. The average Bonchev–Trinajstić information content (AvgIpc) is 2.60. The fourth-order valence-electron chi connectivity index (χ4n) is 2.04. The quantitative estimate of drug-likeness (QED) is 0.463. The maximum absolute atomic E-state index is 6.02. The zero-order chi connectivity index (χ0) is 16.3. The maximum Gasteiger partial charge on any atom is 0.120 e. The lowest BCUT2D eigenvalue weighted by Crippen LogP contribution is -2.09. The molecule has 0 fully saturated rings. The molecule has 0 heterocycles. The molecule has 0 saturated carbocycles.